The van der Waals surface area contributed by atoms with Crippen molar-refractivity contribution in [3.05, 3.63) is 105 Å². The first kappa shape index (κ1) is 21.9. The third-order valence-electron chi connectivity index (χ3n) is 4.71. The van der Waals surface area contributed by atoms with E-state index in [4.69, 9.17) is 11.6 Å². The summed E-state index contributed by atoms with van der Waals surface area (Å²) in [5.74, 6) is 0.781. The van der Waals surface area contributed by atoms with Gasteiger partial charge in [-0.1, -0.05) is 48.0 Å². The number of rotatable bonds is 6. The maximum absolute atomic E-state index is 12.7. The molecule has 33 heavy (non-hydrogen) atoms. The second-order valence-corrected chi connectivity index (χ2v) is 7.54. The fourth-order valence-corrected chi connectivity index (χ4v) is 3.39. The predicted octanol–water partition coefficient (Wildman–Crippen LogP) is 6.01. The minimum Gasteiger partial charge on any atom is -0.340 e. The molecule has 0 unspecified atom stereocenters. The highest BCUT2D eigenvalue weighted by atomic mass is 35.5. The highest BCUT2D eigenvalue weighted by Crippen LogP contribution is 2.28. The number of nitro groups is 1. The quantitative estimate of drug-likeness (QED) is 0.270. The van der Waals surface area contributed by atoms with Crippen LogP contribution in [0.3, 0.4) is 0 Å². The summed E-state index contributed by atoms with van der Waals surface area (Å²) in [5, 5.41) is 16.9. The van der Waals surface area contributed by atoms with Crippen LogP contribution in [0.5, 0.6) is 0 Å². The summed E-state index contributed by atoms with van der Waals surface area (Å²) in [5.41, 5.74) is 2.76. The van der Waals surface area contributed by atoms with E-state index in [1.807, 2.05) is 49.4 Å². The standard InChI is InChI=1S/C24H18ClN5O3/c1-15-26-21(16-6-3-2-4-7-16)14-23(27-15)28-18-9-5-8-17(12-18)24(31)29-19-10-11-20(25)22(13-19)30(32)33/h2-14H,1H3,(H,29,31)(H,26,27,28). The molecule has 0 aliphatic heterocycles. The molecule has 0 radical (unpaired) electrons. The number of nitrogens with one attached hydrogen (secondary N) is 2. The lowest BCUT2D eigenvalue weighted by Gasteiger charge is -2.11. The van der Waals surface area contributed by atoms with Gasteiger partial charge in [0.05, 0.1) is 10.6 Å². The Labute approximate surface area is 194 Å². The number of nitro benzene ring substituents is 1. The van der Waals surface area contributed by atoms with E-state index in [1.54, 1.807) is 18.2 Å². The molecule has 4 rings (SSSR count). The van der Waals surface area contributed by atoms with Crippen molar-refractivity contribution in [3.8, 4) is 11.3 Å². The highest BCUT2D eigenvalue weighted by Gasteiger charge is 2.15. The van der Waals surface area contributed by atoms with Gasteiger partial charge >= 0.3 is 0 Å². The van der Waals surface area contributed by atoms with Gasteiger partial charge in [0.25, 0.3) is 11.6 Å². The van der Waals surface area contributed by atoms with E-state index < -0.39 is 10.8 Å². The summed E-state index contributed by atoms with van der Waals surface area (Å²) in [7, 11) is 0. The molecule has 0 aliphatic rings. The molecule has 3 aromatic carbocycles. The zero-order chi connectivity index (χ0) is 23.4. The summed E-state index contributed by atoms with van der Waals surface area (Å²) in [6, 6.07) is 22.5. The molecule has 1 amide bonds. The number of carbonyl (C=O) groups is 1. The maximum atomic E-state index is 12.7. The second kappa shape index (κ2) is 9.46. The highest BCUT2D eigenvalue weighted by molar-refractivity contribution is 6.32. The van der Waals surface area contributed by atoms with Crippen LogP contribution >= 0.6 is 11.6 Å². The number of nitrogens with zero attached hydrogens (tertiary/aromatic N) is 3. The molecular formula is C24H18ClN5O3. The number of halogens is 1. The second-order valence-electron chi connectivity index (χ2n) is 7.13. The minimum absolute atomic E-state index is 0.000729. The Hall–Kier alpha value is -4.30. The van der Waals surface area contributed by atoms with Crippen molar-refractivity contribution in [1.82, 2.24) is 9.97 Å². The first-order valence-corrected chi connectivity index (χ1v) is 10.3. The van der Waals surface area contributed by atoms with Crippen LogP contribution in [0.15, 0.2) is 78.9 Å². The molecule has 0 bridgehead atoms. The van der Waals surface area contributed by atoms with Gasteiger partial charge in [-0.2, -0.15) is 0 Å². The van der Waals surface area contributed by atoms with Crippen LogP contribution in [-0.2, 0) is 0 Å². The van der Waals surface area contributed by atoms with Crippen LogP contribution in [0, 0.1) is 17.0 Å². The van der Waals surface area contributed by atoms with Gasteiger partial charge in [-0.15, -0.1) is 0 Å². The van der Waals surface area contributed by atoms with Gasteiger partial charge < -0.3 is 10.6 Å². The monoisotopic (exact) mass is 459 g/mol. The zero-order valence-corrected chi connectivity index (χ0v) is 18.2. The molecule has 0 spiro atoms. The average Bonchev–Trinajstić information content (AvgIpc) is 2.80. The minimum atomic E-state index is -0.601. The van der Waals surface area contributed by atoms with Gasteiger partial charge in [-0.25, -0.2) is 9.97 Å². The van der Waals surface area contributed by atoms with Gasteiger partial charge in [0, 0.05) is 34.6 Å². The fourth-order valence-electron chi connectivity index (χ4n) is 3.21. The van der Waals surface area contributed by atoms with E-state index in [-0.39, 0.29) is 16.4 Å². The van der Waals surface area contributed by atoms with Gasteiger partial charge in [0.15, 0.2) is 0 Å². The maximum Gasteiger partial charge on any atom is 0.289 e. The van der Waals surface area contributed by atoms with Crippen molar-refractivity contribution in [2.24, 2.45) is 0 Å². The Balaban J connectivity index is 1.54. The molecule has 0 saturated heterocycles. The lowest BCUT2D eigenvalue weighted by atomic mass is 10.1. The Morgan fingerprint density at radius 3 is 2.48 bits per heavy atom. The summed E-state index contributed by atoms with van der Waals surface area (Å²) in [6.07, 6.45) is 0. The largest absolute Gasteiger partial charge is 0.340 e. The number of hydrogen-bond acceptors (Lipinski definition) is 6. The Morgan fingerprint density at radius 1 is 0.939 bits per heavy atom. The van der Waals surface area contributed by atoms with Crippen molar-refractivity contribution < 1.29 is 9.72 Å². The predicted molar refractivity (Wildman–Crippen MR) is 128 cm³/mol. The smallest absolute Gasteiger partial charge is 0.289 e. The molecule has 2 N–H and O–H groups in total. The van der Waals surface area contributed by atoms with Gasteiger partial charge in [-0.3, -0.25) is 14.9 Å². The zero-order valence-electron chi connectivity index (χ0n) is 17.4. The lowest BCUT2D eigenvalue weighted by Crippen LogP contribution is -2.12. The molecule has 0 saturated carbocycles. The van der Waals surface area contributed by atoms with Crippen molar-refractivity contribution in [2.45, 2.75) is 6.92 Å². The van der Waals surface area contributed by atoms with Gasteiger partial charge in [0.2, 0.25) is 0 Å². The number of carbonyl (C=O) groups excluding carboxylic acids is 1. The van der Waals surface area contributed by atoms with Crippen molar-refractivity contribution >= 4 is 40.4 Å². The number of aromatic nitrogens is 2. The van der Waals surface area contributed by atoms with Crippen LogP contribution in [-0.4, -0.2) is 20.8 Å². The van der Waals surface area contributed by atoms with E-state index in [1.165, 1.54) is 18.2 Å². The molecule has 1 heterocycles. The van der Waals surface area contributed by atoms with E-state index in [9.17, 15) is 14.9 Å². The van der Waals surface area contributed by atoms with Crippen LogP contribution < -0.4 is 10.6 Å². The Morgan fingerprint density at radius 2 is 1.73 bits per heavy atom. The van der Waals surface area contributed by atoms with E-state index in [0.29, 0.717) is 22.9 Å². The van der Waals surface area contributed by atoms with Crippen LogP contribution in [0.25, 0.3) is 11.3 Å². The summed E-state index contributed by atoms with van der Waals surface area (Å²) >= 11 is 5.83. The molecule has 164 valence electrons. The Bertz CT molecular complexity index is 1350. The van der Waals surface area contributed by atoms with Crippen molar-refractivity contribution in [2.75, 3.05) is 10.6 Å². The fraction of sp³-hybridized carbons (Fsp3) is 0.0417. The molecular weight excluding hydrogens is 442 g/mol. The number of benzene rings is 3. The van der Waals surface area contributed by atoms with Crippen molar-refractivity contribution in [1.29, 1.82) is 0 Å². The number of aryl methyl sites for hydroxylation is 1. The topological polar surface area (TPSA) is 110 Å². The van der Waals surface area contributed by atoms with Crippen molar-refractivity contribution in [3.63, 3.8) is 0 Å². The number of anilines is 3. The normalized spacial score (nSPS) is 10.5. The summed E-state index contributed by atoms with van der Waals surface area (Å²) in [6.45, 7) is 1.81. The molecule has 0 aliphatic carbocycles. The molecule has 0 fully saturated rings. The summed E-state index contributed by atoms with van der Waals surface area (Å²) in [4.78, 5) is 32.1. The third-order valence-corrected chi connectivity index (χ3v) is 5.02. The van der Waals surface area contributed by atoms with Crippen LogP contribution in [0.1, 0.15) is 16.2 Å². The number of amides is 1. The lowest BCUT2D eigenvalue weighted by molar-refractivity contribution is -0.384. The molecule has 4 aromatic rings. The molecule has 1 aromatic heterocycles. The SMILES string of the molecule is Cc1nc(Nc2cccc(C(=O)Nc3ccc(Cl)c([N+](=O)[O-])c3)c2)cc(-c2ccccc2)n1. The molecule has 8 nitrogen and oxygen atoms in total. The molecule has 0 atom stereocenters. The Kier molecular flexibility index (Phi) is 6.28. The summed E-state index contributed by atoms with van der Waals surface area (Å²) < 4.78 is 0. The number of hydrogen-bond donors (Lipinski definition) is 2. The third kappa shape index (κ3) is 5.31. The van der Waals surface area contributed by atoms with Crippen LogP contribution in [0.2, 0.25) is 5.02 Å². The van der Waals surface area contributed by atoms with E-state index in [0.717, 1.165) is 11.3 Å². The first-order chi connectivity index (χ1) is 15.9. The van der Waals surface area contributed by atoms with E-state index >= 15 is 0 Å². The van der Waals surface area contributed by atoms with E-state index in [2.05, 4.69) is 20.6 Å². The van der Waals surface area contributed by atoms with Gasteiger partial charge in [-0.05, 0) is 37.3 Å². The van der Waals surface area contributed by atoms with Gasteiger partial charge in [0.1, 0.15) is 16.7 Å². The van der Waals surface area contributed by atoms with Crippen LogP contribution in [0.4, 0.5) is 22.9 Å². The first-order valence-electron chi connectivity index (χ1n) is 9.92. The molecule has 9 heteroatoms. The average molecular weight is 460 g/mol.